The van der Waals surface area contributed by atoms with Crippen LogP contribution in [0.5, 0.6) is 0 Å². The van der Waals surface area contributed by atoms with Crippen molar-refractivity contribution in [3.05, 3.63) is 17.7 Å². The number of aliphatic carboxylic acids is 1. The van der Waals surface area contributed by atoms with Gasteiger partial charge in [-0.2, -0.15) is 0 Å². The second-order valence-corrected chi connectivity index (χ2v) is 3.50. The number of carboxylic acid groups (broad SMARTS) is 1. The second-order valence-electron chi connectivity index (χ2n) is 3.50. The molecule has 78 valence electrons. The molecule has 0 saturated carbocycles. The summed E-state index contributed by atoms with van der Waals surface area (Å²) >= 11 is 0. The summed E-state index contributed by atoms with van der Waals surface area (Å²) in [5.74, 6) is -0.0468. The van der Waals surface area contributed by atoms with E-state index in [2.05, 4.69) is 0 Å². The van der Waals surface area contributed by atoms with Crippen molar-refractivity contribution in [1.82, 2.24) is 4.57 Å². The molecule has 1 unspecified atom stereocenters. The van der Waals surface area contributed by atoms with Gasteiger partial charge in [-0.25, -0.2) is 9.13 Å². The van der Waals surface area contributed by atoms with Crippen LogP contribution in [0.3, 0.4) is 0 Å². The zero-order valence-electron chi connectivity index (χ0n) is 9.07. The number of aromatic nitrogens is 2. The van der Waals surface area contributed by atoms with E-state index in [1.54, 1.807) is 11.5 Å². The molecule has 0 aliphatic carbocycles. The SMILES string of the molecule is CCc1n(C)c(C)c[n+]1C(C)C(=O)[O-]. The molecule has 0 radical (unpaired) electrons. The van der Waals surface area contributed by atoms with Crippen LogP contribution in [-0.4, -0.2) is 10.5 Å². The van der Waals surface area contributed by atoms with E-state index < -0.39 is 12.0 Å². The molecule has 0 aliphatic heterocycles. The first-order valence-corrected chi connectivity index (χ1v) is 4.76. The number of carbonyl (C=O) groups is 1. The molecule has 4 heteroatoms. The fourth-order valence-electron chi connectivity index (χ4n) is 1.61. The summed E-state index contributed by atoms with van der Waals surface area (Å²) in [6.07, 6.45) is 2.65. The molecule has 0 aliphatic rings. The van der Waals surface area contributed by atoms with E-state index in [0.29, 0.717) is 0 Å². The minimum atomic E-state index is -1.05. The molecule has 1 atom stereocenters. The molecule has 0 aromatic carbocycles. The molecular weight excluding hydrogens is 180 g/mol. The van der Waals surface area contributed by atoms with Crippen LogP contribution in [0.15, 0.2) is 6.20 Å². The highest BCUT2D eigenvalue weighted by Crippen LogP contribution is 2.04. The van der Waals surface area contributed by atoms with Gasteiger partial charge in [0.05, 0.1) is 13.0 Å². The highest BCUT2D eigenvalue weighted by Gasteiger charge is 2.21. The van der Waals surface area contributed by atoms with E-state index in [1.807, 2.05) is 31.7 Å². The van der Waals surface area contributed by atoms with Crippen molar-refractivity contribution in [3.8, 4) is 0 Å². The standard InChI is InChI=1S/C10H16N2O2/c1-5-9-11(4)7(2)6-12(9)8(3)10(13)14/h6,8H,5H2,1-4H3. The number of hydrogen-bond donors (Lipinski definition) is 0. The lowest BCUT2D eigenvalue weighted by molar-refractivity contribution is -0.719. The van der Waals surface area contributed by atoms with E-state index in [-0.39, 0.29) is 0 Å². The lowest BCUT2D eigenvalue weighted by Gasteiger charge is -2.10. The maximum Gasteiger partial charge on any atom is 0.256 e. The number of imidazole rings is 1. The van der Waals surface area contributed by atoms with E-state index in [0.717, 1.165) is 17.9 Å². The zero-order valence-corrected chi connectivity index (χ0v) is 9.07. The molecule has 0 N–H and O–H groups in total. The summed E-state index contributed by atoms with van der Waals surface area (Å²) in [5.41, 5.74) is 1.05. The first kappa shape index (κ1) is 10.8. The number of carbonyl (C=O) groups excluding carboxylic acids is 1. The van der Waals surface area contributed by atoms with Gasteiger partial charge in [-0.3, -0.25) is 0 Å². The molecule has 1 aromatic rings. The third kappa shape index (κ3) is 1.64. The molecule has 14 heavy (non-hydrogen) atoms. The van der Waals surface area contributed by atoms with Crippen LogP contribution in [0.1, 0.15) is 31.4 Å². The third-order valence-corrected chi connectivity index (χ3v) is 2.61. The van der Waals surface area contributed by atoms with Gasteiger partial charge in [-0.05, 0) is 6.92 Å². The largest absolute Gasteiger partial charge is 0.546 e. The summed E-state index contributed by atoms with van der Waals surface area (Å²) in [5, 5.41) is 10.7. The molecule has 1 heterocycles. The molecule has 0 spiro atoms. The first-order valence-electron chi connectivity index (χ1n) is 4.76. The molecule has 1 rings (SSSR count). The van der Waals surface area contributed by atoms with Gasteiger partial charge in [0.2, 0.25) is 0 Å². The fraction of sp³-hybridized carbons (Fsp3) is 0.600. The Morgan fingerprint density at radius 2 is 2.29 bits per heavy atom. The van der Waals surface area contributed by atoms with Crippen LogP contribution < -0.4 is 9.67 Å². The van der Waals surface area contributed by atoms with E-state index in [9.17, 15) is 9.90 Å². The summed E-state index contributed by atoms with van der Waals surface area (Å²) in [4.78, 5) is 10.7. The molecule has 0 saturated heterocycles. The summed E-state index contributed by atoms with van der Waals surface area (Å²) in [7, 11) is 1.94. The van der Waals surface area contributed by atoms with Crippen LogP contribution in [0.25, 0.3) is 0 Å². The number of aryl methyl sites for hydroxylation is 1. The van der Waals surface area contributed by atoms with Crippen molar-refractivity contribution in [3.63, 3.8) is 0 Å². The summed E-state index contributed by atoms with van der Waals surface area (Å²) in [6.45, 7) is 5.60. The van der Waals surface area contributed by atoms with Crippen molar-refractivity contribution in [2.24, 2.45) is 7.05 Å². The average molecular weight is 196 g/mol. The van der Waals surface area contributed by atoms with Crippen LogP contribution in [0.4, 0.5) is 0 Å². The molecule has 0 amide bonds. The Hall–Kier alpha value is -1.32. The Morgan fingerprint density at radius 1 is 1.71 bits per heavy atom. The minimum Gasteiger partial charge on any atom is -0.546 e. The van der Waals surface area contributed by atoms with E-state index in [1.165, 1.54) is 0 Å². The molecule has 1 aromatic heterocycles. The van der Waals surface area contributed by atoms with Crippen LogP contribution in [0, 0.1) is 6.92 Å². The maximum absolute atomic E-state index is 10.7. The van der Waals surface area contributed by atoms with Crippen molar-refractivity contribution in [2.75, 3.05) is 0 Å². The van der Waals surface area contributed by atoms with Gasteiger partial charge >= 0.3 is 0 Å². The lowest BCUT2D eigenvalue weighted by atomic mass is 10.3. The highest BCUT2D eigenvalue weighted by molar-refractivity contribution is 5.66. The summed E-state index contributed by atoms with van der Waals surface area (Å²) < 4.78 is 3.75. The highest BCUT2D eigenvalue weighted by atomic mass is 16.4. The second kappa shape index (κ2) is 3.82. The Bertz CT molecular complexity index is 355. The van der Waals surface area contributed by atoms with Crippen molar-refractivity contribution < 1.29 is 14.5 Å². The van der Waals surface area contributed by atoms with Gasteiger partial charge in [0.1, 0.15) is 17.9 Å². The van der Waals surface area contributed by atoms with E-state index in [4.69, 9.17) is 0 Å². The van der Waals surface area contributed by atoms with Gasteiger partial charge in [0.15, 0.2) is 0 Å². The van der Waals surface area contributed by atoms with Crippen LogP contribution in [0.2, 0.25) is 0 Å². The van der Waals surface area contributed by atoms with Gasteiger partial charge in [-0.1, -0.05) is 6.92 Å². The lowest BCUT2D eigenvalue weighted by Crippen LogP contribution is -2.49. The number of hydrogen-bond acceptors (Lipinski definition) is 2. The maximum atomic E-state index is 10.7. The third-order valence-electron chi connectivity index (χ3n) is 2.61. The molecule has 4 nitrogen and oxygen atoms in total. The Morgan fingerprint density at radius 3 is 2.71 bits per heavy atom. The predicted octanol–water partition coefficient (Wildman–Crippen LogP) is -0.506. The quantitative estimate of drug-likeness (QED) is 0.612. The minimum absolute atomic E-state index is 0.607. The van der Waals surface area contributed by atoms with Gasteiger partial charge in [0, 0.05) is 13.3 Å². The Kier molecular flexibility index (Phi) is 2.93. The molecule has 0 bridgehead atoms. The van der Waals surface area contributed by atoms with Crippen molar-refractivity contribution >= 4 is 5.97 Å². The fourth-order valence-corrected chi connectivity index (χ4v) is 1.61. The van der Waals surface area contributed by atoms with Crippen LogP contribution in [-0.2, 0) is 18.3 Å². The van der Waals surface area contributed by atoms with E-state index >= 15 is 0 Å². The summed E-state index contributed by atoms with van der Waals surface area (Å²) in [6, 6.07) is -0.607. The van der Waals surface area contributed by atoms with Crippen LogP contribution >= 0.6 is 0 Å². The number of rotatable bonds is 3. The van der Waals surface area contributed by atoms with Gasteiger partial charge < -0.3 is 9.90 Å². The Labute approximate surface area is 83.8 Å². The Balaban J connectivity index is 3.20. The van der Waals surface area contributed by atoms with Gasteiger partial charge in [0.25, 0.3) is 5.82 Å². The number of carboxylic acids is 1. The molecule has 0 fully saturated rings. The zero-order chi connectivity index (χ0) is 10.9. The number of nitrogens with zero attached hydrogens (tertiary/aromatic N) is 2. The topological polar surface area (TPSA) is 48.9 Å². The smallest absolute Gasteiger partial charge is 0.256 e. The average Bonchev–Trinajstić information content (AvgIpc) is 2.41. The van der Waals surface area contributed by atoms with Crippen molar-refractivity contribution in [2.45, 2.75) is 33.2 Å². The monoisotopic (exact) mass is 196 g/mol. The van der Waals surface area contributed by atoms with Crippen molar-refractivity contribution in [1.29, 1.82) is 0 Å². The molecular formula is C10H16N2O2. The normalized spacial score (nSPS) is 12.9. The first-order chi connectivity index (χ1) is 6.49. The van der Waals surface area contributed by atoms with Gasteiger partial charge in [-0.15, -0.1) is 0 Å². The predicted molar refractivity (Wildman–Crippen MR) is 49.4 cm³/mol.